The van der Waals surface area contributed by atoms with Gasteiger partial charge < -0.3 is 48.8 Å². The molecule has 0 spiro atoms. The van der Waals surface area contributed by atoms with Crippen LogP contribution in [-0.2, 0) is 78.9 Å². The molecule has 0 aliphatic heterocycles. The summed E-state index contributed by atoms with van der Waals surface area (Å²) in [7, 11) is 22.0. The van der Waals surface area contributed by atoms with Crippen molar-refractivity contribution in [2.24, 2.45) is 0 Å². The molecule has 111 heavy (non-hydrogen) atoms. The number of hydrogen-bond acceptors (Lipinski definition) is 16. The second kappa shape index (κ2) is 149. The minimum absolute atomic E-state index is 0. The molecule has 0 rings (SSSR count). The van der Waals surface area contributed by atoms with Crippen LogP contribution >= 0.6 is 0 Å². The van der Waals surface area contributed by atoms with Crippen LogP contribution in [0.2, 0.25) is 0 Å². The average Bonchev–Trinajstić information content (AvgIpc) is 1.08. The van der Waals surface area contributed by atoms with E-state index in [1.54, 1.807) is 0 Å². The molecule has 16 nitrogen and oxygen atoms in total. The van der Waals surface area contributed by atoms with E-state index < -0.39 is 6.39 Å². The van der Waals surface area contributed by atoms with Crippen molar-refractivity contribution < 1.29 is 108 Å². The predicted octanol–water partition coefficient (Wildman–Crippen LogP) is 23.7. The Balaban J connectivity index is -0.0000000699. The molecule has 23 heteroatoms. The first kappa shape index (κ1) is 129. The molecule has 0 aromatic carbocycles. The Bertz CT molecular complexity index is 1520. The summed E-state index contributed by atoms with van der Waals surface area (Å²) in [5.41, 5.74) is 0. The first-order valence-corrected chi connectivity index (χ1v) is 45.2. The number of carbonyl (C=O) groups is 6. The predicted molar refractivity (Wildman–Crippen MR) is 484 cm³/mol. The van der Waals surface area contributed by atoms with Gasteiger partial charge in [0.1, 0.15) is 0 Å². The molecule has 0 fully saturated rings. The third-order valence-corrected chi connectivity index (χ3v) is 15.4. The van der Waals surface area contributed by atoms with Crippen LogP contribution in [-0.4, -0.2) is 167 Å². The van der Waals surface area contributed by atoms with Gasteiger partial charge in [-0.05, 0) is 103 Å². The van der Waals surface area contributed by atoms with E-state index in [-0.39, 0.29) is 57.5 Å². The average molecular weight is 1620 g/mol. The van der Waals surface area contributed by atoms with Crippen molar-refractivity contribution in [1.29, 1.82) is 0 Å². The van der Waals surface area contributed by atoms with Crippen LogP contribution in [0.5, 0.6) is 0 Å². The minimum atomic E-state index is -0.667. The van der Waals surface area contributed by atoms with Gasteiger partial charge in [0.25, 0.3) is 0 Å². The van der Waals surface area contributed by atoms with Crippen molar-refractivity contribution in [3.63, 3.8) is 0 Å². The smallest absolute Gasteiger partial charge is 0.305 e. The van der Waals surface area contributed by atoms with Crippen LogP contribution in [0.15, 0.2) is 0 Å². The van der Waals surface area contributed by atoms with Crippen molar-refractivity contribution in [1.82, 2.24) is 0 Å². The summed E-state index contributed by atoms with van der Waals surface area (Å²) >= 11 is 0. The molecule has 0 bridgehead atoms. The molecular weight excluding hydrogens is 1430 g/mol. The first-order chi connectivity index (χ1) is 56.2. The Morgan fingerprint density at radius 3 is 0.477 bits per heavy atom. The Labute approximate surface area is 721 Å². The van der Waals surface area contributed by atoms with Crippen molar-refractivity contribution >= 4 is 80.9 Å². The number of ether oxygens (including phenoxy) is 6. The summed E-state index contributed by atoms with van der Waals surface area (Å²) in [6.07, 6.45) is 60.0. The Morgan fingerprint density at radius 2 is 0.342 bits per heavy atom. The molecule has 0 aliphatic rings. The summed E-state index contributed by atoms with van der Waals surface area (Å²) in [5.74, 6) is -0.178. The number of rotatable bonds is 62. The molecule has 0 aromatic rings. The maximum atomic E-state index is 11.4. The van der Waals surface area contributed by atoms with Gasteiger partial charge in [-0.15, -0.1) is 0 Å². The number of hydrogen-bond donors (Lipinski definition) is 4. The number of unbranched alkanes of at least 4 members (excludes halogenated alkanes) is 34. The molecule has 0 saturated heterocycles. The van der Waals surface area contributed by atoms with E-state index in [2.05, 4.69) is 129 Å². The fourth-order valence-corrected chi connectivity index (χ4v) is 8.49. The van der Waals surface area contributed by atoms with Gasteiger partial charge >= 0.3 is 35.8 Å². The number of esters is 6. The normalized spacial score (nSPS) is 9.66. The van der Waals surface area contributed by atoms with Crippen molar-refractivity contribution in [3.05, 3.63) is 0 Å². The molecule has 0 unspecified atom stereocenters. The zero-order valence-electron chi connectivity index (χ0n) is 82.3. The zero-order chi connectivity index (χ0) is 92.0. The van der Waals surface area contributed by atoms with Gasteiger partial charge in [0.05, 0.1) is 39.6 Å². The van der Waals surface area contributed by atoms with Crippen molar-refractivity contribution in [2.75, 3.05) is 66.1 Å². The molecule has 0 aliphatic carbocycles. The van der Waals surface area contributed by atoms with Crippen LogP contribution in [0, 0.1) is 0 Å². The third-order valence-electron chi connectivity index (χ3n) is 15.4. The number of aliphatic hydroxyl groups is 4. The zero-order valence-corrected chi connectivity index (χ0v) is 77.9. The van der Waals surface area contributed by atoms with Gasteiger partial charge in [0, 0.05) is 141 Å². The van der Waals surface area contributed by atoms with Gasteiger partial charge in [-0.1, -0.05) is 329 Å². The van der Waals surface area contributed by atoms with Crippen LogP contribution in [0.4, 0.5) is 0 Å². The standard InChI is InChI=1S/2C16H32O2.2C12H24O2.2C8H16O2.4C4H10O.B4.B2.Ti.3H2/c2*1-3-5-7-9-11-13-15-18-16(17)14-12-10-8-6-4-2;1-3-5-6-7-8-9-11-14-12(13)10-4-2;1-3-5-7-8-9-10-12(13)14-11-6-4-2;2*1-3-5-7-10-8(9)6-4-2;4*1-2-3-4-5;1-4(2)3;1-2;;;;/h2*3-15H2,1-2H3;2*3-11H2,1-2H3;2*3-7H2,1-2H3;4*5H,2-4H2,1H3;;;;3*1H/i;;;;;;;;;;;;;3*1+1D. The SMILES string of the molecule is CCCCCCCC(=O)OCCCC.CCCCCCCCOC(=O)CCC.CCCCCCCCOC(=O)CCCCCCC.CCCCCCCCOC(=O)CCCCCCC.CCCCO.CCCCO.CCCCO.CCCCO.CCCCOC(=O)CCC.CCCCOC(=O)CCC.[2H][2H].[2H][2H].[2H][2H].[B]B([B])[B].[B][B].[Ti]. The quantitative estimate of drug-likeness (QED) is 0.0192. The second-order valence-corrected chi connectivity index (χ2v) is 27.3. The summed E-state index contributed by atoms with van der Waals surface area (Å²) in [5, 5.41) is 32.3. The first-order valence-electron chi connectivity index (χ1n) is 48.2. The van der Waals surface area contributed by atoms with Crippen LogP contribution in [0.1, 0.15) is 479 Å². The van der Waals surface area contributed by atoms with Gasteiger partial charge in [-0.25, -0.2) is 0 Å². The number of carbonyl (C=O) groups excluding carboxylic acids is 6. The van der Waals surface area contributed by atoms with Crippen LogP contribution < -0.4 is 0 Å². The Hall–Kier alpha value is -2.24. The molecule has 0 aromatic heterocycles. The van der Waals surface area contributed by atoms with E-state index in [0.717, 1.165) is 154 Å². The monoisotopic (exact) mass is 1620 g/mol. The molecule has 0 saturated carbocycles. The fraction of sp³-hybridized carbons (Fsp3) is 0.932. The number of aliphatic hydroxyl groups excluding tert-OH is 4. The van der Waals surface area contributed by atoms with Gasteiger partial charge in [0.15, 0.2) is 0 Å². The maximum Gasteiger partial charge on any atom is 0.305 e. The molecule has 0 heterocycles. The second-order valence-electron chi connectivity index (χ2n) is 27.3. The van der Waals surface area contributed by atoms with Gasteiger partial charge in [0.2, 0.25) is 0 Å². The van der Waals surface area contributed by atoms with E-state index in [4.69, 9.17) is 57.8 Å². The van der Waals surface area contributed by atoms with E-state index in [1.165, 1.54) is 167 Å². The van der Waals surface area contributed by atoms with Gasteiger partial charge in [-0.3, -0.25) is 28.8 Å². The Kier molecular flexibility index (Phi) is 174. The van der Waals surface area contributed by atoms with E-state index >= 15 is 0 Å². The molecular formula is C88H190B6O16Ti. The summed E-state index contributed by atoms with van der Waals surface area (Å²) in [4.78, 5) is 66.3. The molecule has 0 atom stereocenters. The summed E-state index contributed by atoms with van der Waals surface area (Å²) < 4.78 is 60.3. The topological polar surface area (TPSA) is 239 Å². The molecule has 0 amide bonds. The molecule has 660 valence electrons. The molecule has 4 N–H and O–H groups in total. The third kappa shape index (κ3) is 199. The Morgan fingerprint density at radius 1 is 0.216 bits per heavy atom. The van der Waals surface area contributed by atoms with E-state index in [9.17, 15) is 28.8 Å². The van der Waals surface area contributed by atoms with Crippen LogP contribution in [0.3, 0.4) is 0 Å². The van der Waals surface area contributed by atoms with E-state index in [0.29, 0.717) is 105 Å². The van der Waals surface area contributed by atoms with Gasteiger partial charge in [-0.2, -0.15) is 0 Å². The van der Waals surface area contributed by atoms with Crippen molar-refractivity contribution in [3.8, 4) is 0 Å². The summed E-state index contributed by atoms with van der Waals surface area (Å²) in [6, 6.07) is 0. The minimum Gasteiger partial charge on any atom is -0.466 e. The molecule has 10 radical (unpaired) electrons. The largest absolute Gasteiger partial charge is 0.466 e. The maximum absolute atomic E-state index is 11.4. The summed E-state index contributed by atoms with van der Waals surface area (Å²) in [6.45, 7) is 38.7. The van der Waals surface area contributed by atoms with Crippen molar-refractivity contribution in [2.45, 2.75) is 470 Å². The fourth-order valence-electron chi connectivity index (χ4n) is 8.49. The van der Waals surface area contributed by atoms with E-state index in [1.807, 2.05) is 20.8 Å². The van der Waals surface area contributed by atoms with Crippen LogP contribution in [0.25, 0.3) is 0 Å².